The number of phenols is 1. The molecule has 0 bridgehead atoms. The highest BCUT2D eigenvalue weighted by atomic mass is 16.5. The number of methoxy groups -OCH3 is 1. The van der Waals surface area contributed by atoms with E-state index >= 15 is 0 Å². The van der Waals surface area contributed by atoms with Crippen LogP contribution in [0.15, 0.2) is 72.8 Å². The van der Waals surface area contributed by atoms with E-state index in [0.29, 0.717) is 17.9 Å². The number of benzene rings is 3. The van der Waals surface area contributed by atoms with Gasteiger partial charge < -0.3 is 19.9 Å². The molecule has 0 saturated heterocycles. The van der Waals surface area contributed by atoms with Crippen LogP contribution in [0.4, 0.5) is 5.69 Å². The average Bonchev–Trinajstić information content (AvgIpc) is 2.77. The molecular weight excluding hydrogens is 382 g/mol. The lowest BCUT2D eigenvalue weighted by atomic mass is 10.1. The Bertz CT molecular complexity index is 1000. The van der Waals surface area contributed by atoms with E-state index in [9.17, 15) is 14.7 Å². The Morgan fingerprint density at radius 2 is 1.63 bits per heavy atom. The van der Waals surface area contributed by atoms with E-state index in [-0.39, 0.29) is 18.8 Å². The fraction of sp³-hybridized carbons (Fsp3) is 0.167. The van der Waals surface area contributed by atoms with Gasteiger partial charge in [0.2, 0.25) is 0 Å². The maximum atomic E-state index is 12.0. The number of anilines is 1. The van der Waals surface area contributed by atoms with Gasteiger partial charge in [0, 0.05) is 12.1 Å². The predicted molar refractivity (Wildman–Crippen MR) is 114 cm³/mol. The summed E-state index contributed by atoms with van der Waals surface area (Å²) in [5.41, 5.74) is 3.54. The Labute approximate surface area is 175 Å². The van der Waals surface area contributed by atoms with Crippen molar-refractivity contribution in [1.82, 2.24) is 0 Å². The van der Waals surface area contributed by atoms with Crippen LogP contribution in [-0.2, 0) is 20.7 Å². The summed E-state index contributed by atoms with van der Waals surface area (Å²) >= 11 is 0. The van der Waals surface area contributed by atoms with E-state index in [0.717, 1.165) is 16.7 Å². The van der Waals surface area contributed by atoms with Gasteiger partial charge in [0.1, 0.15) is 0 Å². The summed E-state index contributed by atoms with van der Waals surface area (Å²) in [4.78, 5) is 23.9. The maximum absolute atomic E-state index is 12.0. The lowest BCUT2D eigenvalue weighted by molar-refractivity contribution is -0.147. The minimum Gasteiger partial charge on any atom is -0.504 e. The molecule has 0 unspecified atom stereocenters. The van der Waals surface area contributed by atoms with Crippen LogP contribution in [-0.4, -0.2) is 30.7 Å². The minimum atomic E-state index is -0.486. The summed E-state index contributed by atoms with van der Waals surface area (Å²) in [7, 11) is 1.47. The number of esters is 1. The quantitative estimate of drug-likeness (QED) is 0.549. The van der Waals surface area contributed by atoms with Crippen LogP contribution in [0.2, 0.25) is 0 Å². The average molecular weight is 405 g/mol. The topological polar surface area (TPSA) is 84.9 Å². The van der Waals surface area contributed by atoms with Gasteiger partial charge in [0.05, 0.1) is 7.11 Å². The van der Waals surface area contributed by atoms with Gasteiger partial charge in [0.15, 0.2) is 18.1 Å². The molecule has 0 fully saturated rings. The number of amides is 1. The second-order valence-corrected chi connectivity index (χ2v) is 6.66. The molecule has 0 aliphatic heterocycles. The number of aromatic hydroxyl groups is 1. The van der Waals surface area contributed by atoms with E-state index in [1.165, 1.54) is 13.2 Å². The zero-order valence-electron chi connectivity index (χ0n) is 16.6. The Balaban J connectivity index is 1.43. The number of phenolic OH excluding ortho intramolecular Hbond substituents is 1. The molecule has 6 heteroatoms. The third-order valence-corrected chi connectivity index (χ3v) is 4.50. The van der Waals surface area contributed by atoms with E-state index in [2.05, 4.69) is 5.32 Å². The van der Waals surface area contributed by atoms with Crippen LogP contribution in [0, 0.1) is 0 Å². The largest absolute Gasteiger partial charge is 0.504 e. The highest BCUT2D eigenvalue weighted by Gasteiger charge is 2.10. The summed E-state index contributed by atoms with van der Waals surface area (Å²) < 4.78 is 10.0. The Morgan fingerprint density at radius 3 is 2.30 bits per heavy atom. The summed E-state index contributed by atoms with van der Waals surface area (Å²) in [6.07, 6.45) is 0.490. The van der Waals surface area contributed by atoms with Crippen molar-refractivity contribution in [2.24, 2.45) is 0 Å². The van der Waals surface area contributed by atoms with Gasteiger partial charge in [-0.15, -0.1) is 0 Å². The van der Waals surface area contributed by atoms with Gasteiger partial charge in [-0.1, -0.05) is 48.5 Å². The van der Waals surface area contributed by atoms with Crippen molar-refractivity contribution in [3.05, 3.63) is 78.4 Å². The standard InChI is InChI=1S/C24H23NO5/c1-29-22-13-7-17(15-21(22)26)8-14-24(28)30-16-23(27)25-20-11-9-19(10-12-20)18-5-3-2-4-6-18/h2-7,9-13,15,26H,8,14,16H2,1H3,(H,25,27). The third kappa shape index (κ3) is 5.85. The summed E-state index contributed by atoms with van der Waals surface area (Å²) in [6.45, 7) is -0.354. The molecule has 0 spiro atoms. The summed E-state index contributed by atoms with van der Waals surface area (Å²) in [6, 6.07) is 22.3. The number of nitrogens with one attached hydrogen (secondary N) is 1. The first kappa shape index (κ1) is 20.9. The van der Waals surface area contributed by atoms with Crippen molar-refractivity contribution in [2.75, 3.05) is 19.0 Å². The van der Waals surface area contributed by atoms with E-state index < -0.39 is 11.9 Å². The van der Waals surface area contributed by atoms with Crippen LogP contribution in [0.1, 0.15) is 12.0 Å². The van der Waals surface area contributed by atoms with Crippen molar-refractivity contribution >= 4 is 17.6 Å². The zero-order valence-corrected chi connectivity index (χ0v) is 16.6. The van der Waals surface area contributed by atoms with Crippen molar-refractivity contribution in [3.8, 4) is 22.6 Å². The fourth-order valence-corrected chi connectivity index (χ4v) is 2.93. The molecule has 3 aromatic carbocycles. The first-order valence-corrected chi connectivity index (χ1v) is 9.52. The van der Waals surface area contributed by atoms with Gasteiger partial charge in [0.25, 0.3) is 5.91 Å². The van der Waals surface area contributed by atoms with Crippen molar-refractivity contribution in [3.63, 3.8) is 0 Å². The highest BCUT2D eigenvalue weighted by molar-refractivity contribution is 5.93. The molecule has 0 atom stereocenters. The summed E-state index contributed by atoms with van der Waals surface area (Å²) in [5.74, 6) is -0.506. The molecule has 6 nitrogen and oxygen atoms in total. The first-order chi connectivity index (χ1) is 14.5. The lowest BCUT2D eigenvalue weighted by Gasteiger charge is -2.08. The number of rotatable bonds is 8. The second-order valence-electron chi connectivity index (χ2n) is 6.66. The van der Waals surface area contributed by atoms with Crippen molar-refractivity contribution < 1.29 is 24.2 Å². The van der Waals surface area contributed by atoms with Gasteiger partial charge in [-0.05, 0) is 47.4 Å². The van der Waals surface area contributed by atoms with Crippen molar-refractivity contribution in [1.29, 1.82) is 0 Å². The highest BCUT2D eigenvalue weighted by Crippen LogP contribution is 2.26. The van der Waals surface area contributed by atoms with Crippen LogP contribution >= 0.6 is 0 Å². The third-order valence-electron chi connectivity index (χ3n) is 4.50. The molecule has 3 rings (SSSR count). The minimum absolute atomic E-state index is 0.0148. The number of hydrogen-bond acceptors (Lipinski definition) is 5. The Kier molecular flexibility index (Phi) is 7.05. The van der Waals surface area contributed by atoms with Gasteiger partial charge in [-0.3, -0.25) is 9.59 Å². The SMILES string of the molecule is COc1ccc(CCC(=O)OCC(=O)Nc2ccc(-c3ccccc3)cc2)cc1O. The normalized spacial score (nSPS) is 10.3. The molecule has 0 heterocycles. The second kappa shape index (κ2) is 10.1. The number of carbonyl (C=O) groups excluding carboxylic acids is 2. The number of aryl methyl sites for hydroxylation is 1. The Morgan fingerprint density at radius 1 is 0.933 bits per heavy atom. The molecule has 1 amide bonds. The molecule has 154 valence electrons. The molecular formula is C24H23NO5. The number of ether oxygens (including phenoxy) is 2. The van der Waals surface area contributed by atoms with Crippen molar-refractivity contribution in [2.45, 2.75) is 12.8 Å². The first-order valence-electron chi connectivity index (χ1n) is 9.52. The van der Waals surface area contributed by atoms with Gasteiger partial charge in [-0.25, -0.2) is 0 Å². The predicted octanol–water partition coefficient (Wildman–Crippen LogP) is 4.18. The lowest BCUT2D eigenvalue weighted by Crippen LogP contribution is -2.21. The maximum Gasteiger partial charge on any atom is 0.306 e. The van der Waals surface area contributed by atoms with Gasteiger partial charge in [-0.2, -0.15) is 0 Å². The summed E-state index contributed by atoms with van der Waals surface area (Å²) in [5, 5.41) is 12.5. The van der Waals surface area contributed by atoms with E-state index in [1.807, 2.05) is 42.5 Å². The Hall–Kier alpha value is -3.80. The number of hydrogen-bond donors (Lipinski definition) is 2. The molecule has 30 heavy (non-hydrogen) atoms. The fourth-order valence-electron chi connectivity index (χ4n) is 2.93. The van der Waals surface area contributed by atoms with E-state index in [1.54, 1.807) is 24.3 Å². The van der Waals surface area contributed by atoms with Gasteiger partial charge >= 0.3 is 5.97 Å². The van der Waals surface area contributed by atoms with Crippen LogP contribution in [0.5, 0.6) is 11.5 Å². The molecule has 2 N–H and O–H groups in total. The molecule has 0 radical (unpaired) electrons. The molecule has 0 saturated carbocycles. The van der Waals surface area contributed by atoms with E-state index in [4.69, 9.17) is 9.47 Å². The smallest absolute Gasteiger partial charge is 0.306 e. The molecule has 0 aliphatic rings. The van der Waals surface area contributed by atoms with Crippen LogP contribution < -0.4 is 10.1 Å². The monoisotopic (exact) mass is 405 g/mol. The van der Waals surface area contributed by atoms with Crippen LogP contribution in [0.3, 0.4) is 0 Å². The number of carbonyl (C=O) groups is 2. The molecule has 0 aromatic heterocycles. The molecule has 0 aliphatic carbocycles. The zero-order chi connectivity index (χ0) is 21.3. The van der Waals surface area contributed by atoms with Crippen LogP contribution in [0.25, 0.3) is 11.1 Å². The molecule has 3 aromatic rings.